The maximum absolute atomic E-state index is 13.7. The number of fused-ring (bicyclic) bond motifs is 3. The van der Waals surface area contributed by atoms with Gasteiger partial charge in [0.25, 0.3) is 5.91 Å². The normalized spacial score (nSPS) is 14.1. The number of carbonyl (C=O) groups is 2. The Hall–Kier alpha value is -4.03. The van der Waals surface area contributed by atoms with Crippen LogP contribution in [0.2, 0.25) is 0 Å². The molecule has 35 heavy (non-hydrogen) atoms. The Morgan fingerprint density at radius 3 is 2.49 bits per heavy atom. The van der Waals surface area contributed by atoms with E-state index in [1.807, 2.05) is 95.9 Å². The van der Waals surface area contributed by atoms with E-state index in [4.69, 9.17) is 0 Å². The second-order valence-electron chi connectivity index (χ2n) is 8.62. The van der Waals surface area contributed by atoms with Crippen molar-refractivity contribution in [2.24, 2.45) is 0 Å². The van der Waals surface area contributed by atoms with Gasteiger partial charge in [0.2, 0.25) is 0 Å². The standard InChI is InChI=1S/C29H23N3O2S/c33-28-23-11-5-7-13-26(23)35-27-15-14-22(18-25(27)32(28)19-20-8-2-1-3-9-20)30-29(34)31-17-16-21-10-4-6-12-24(21)31/h1-15,18H,16-17,19H2,(H,30,34). The Morgan fingerprint density at radius 2 is 1.60 bits per heavy atom. The fourth-order valence-corrected chi connectivity index (χ4v) is 5.72. The number of nitrogens with one attached hydrogen (secondary N) is 1. The lowest BCUT2D eigenvalue weighted by atomic mass is 10.1. The van der Waals surface area contributed by atoms with E-state index in [1.165, 1.54) is 5.56 Å². The maximum Gasteiger partial charge on any atom is 0.326 e. The number of para-hydroxylation sites is 1. The third-order valence-corrected chi connectivity index (χ3v) is 7.54. The zero-order valence-electron chi connectivity index (χ0n) is 19.0. The molecule has 0 fully saturated rings. The van der Waals surface area contributed by atoms with Gasteiger partial charge >= 0.3 is 6.03 Å². The molecule has 5 nitrogen and oxygen atoms in total. The fraction of sp³-hybridized carbons (Fsp3) is 0.103. The summed E-state index contributed by atoms with van der Waals surface area (Å²) in [5.41, 5.74) is 5.31. The van der Waals surface area contributed by atoms with Crippen LogP contribution in [0.15, 0.2) is 107 Å². The minimum Gasteiger partial charge on any atom is -0.307 e. The monoisotopic (exact) mass is 477 g/mol. The van der Waals surface area contributed by atoms with Crippen LogP contribution in [0.4, 0.5) is 21.9 Å². The number of hydrogen-bond donors (Lipinski definition) is 1. The predicted molar refractivity (Wildman–Crippen MR) is 140 cm³/mol. The first-order valence-corrected chi connectivity index (χ1v) is 12.4. The molecule has 3 amide bonds. The SMILES string of the molecule is O=C(Nc1ccc2c(c1)N(Cc1ccccc1)C(=O)c1ccccc1S2)N1CCc2ccccc21. The molecule has 0 bridgehead atoms. The van der Waals surface area contributed by atoms with Crippen molar-refractivity contribution in [3.63, 3.8) is 0 Å². The second kappa shape index (κ2) is 8.96. The first-order valence-electron chi connectivity index (χ1n) is 11.6. The highest BCUT2D eigenvalue weighted by molar-refractivity contribution is 7.99. The van der Waals surface area contributed by atoms with Gasteiger partial charge < -0.3 is 10.2 Å². The Bertz CT molecular complexity index is 1440. The van der Waals surface area contributed by atoms with Gasteiger partial charge in [-0.15, -0.1) is 0 Å². The highest BCUT2D eigenvalue weighted by Gasteiger charge is 2.29. The van der Waals surface area contributed by atoms with E-state index in [9.17, 15) is 9.59 Å². The van der Waals surface area contributed by atoms with Crippen molar-refractivity contribution in [1.29, 1.82) is 0 Å². The average molecular weight is 478 g/mol. The summed E-state index contributed by atoms with van der Waals surface area (Å²) in [7, 11) is 0. The van der Waals surface area contributed by atoms with E-state index in [0.29, 0.717) is 24.3 Å². The number of benzene rings is 4. The molecule has 0 atom stereocenters. The lowest BCUT2D eigenvalue weighted by molar-refractivity contribution is 0.0982. The number of amides is 3. The minimum absolute atomic E-state index is 0.0485. The van der Waals surface area contributed by atoms with Gasteiger partial charge in [0.1, 0.15) is 0 Å². The smallest absolute Gasteiger partial charge is 0.307 e. The van der Waals surface area contributed by atoms with Crippen LogP contribution in [0.25, 0.3) is 0 Å². The summed E-state index contributed by atoms with van der Waals surface area (Å²) < 4.78 is 0. The van der Waals surface area contributed by atoms with Crippen LogP contribution in [0.1, 0.15) is 21.5 Å². The van der Waals surface area contributed by atoms with E-state index >= 15 is 0 Å². The summed E-state index contributed by atoms with van der Waals surface area (Å²) in [4.78, 5) is 32.4. The molecular formula is C29H23N3O2S. The van der Waals surface area contributed by atoms with Gasteiger partial charge in [0.15, 0.2) is 0 Å². The van der Waals surface area contributed by atoms with Gasteiger partial charge in [-0.3, -0.25) is 9.69 Å². The van der Waals surface area contributed by atoms with Crippen molar-refractivity contribution in [2.45, 2.75) is 22.8 Å². The van der Waals surface area contributed by atoms with E-state index in [1.54, 1.807) is 16.7 Å². The van der Waals surface area contributed by atoms with Gasteiger partial charge in [0, 0.05) is 27.7 Å². The number of nitrogens with zero attached hydrogens (tertiary/aromatic N) is 2. The van der Waals surface area contributed by atoms with E-state index in [-0.39, 0.29) is 11.9 Å². The Morgan fingerprint density at radius 1 is 0.829 bits per heavy atom. The summed E-state index contributed by atoms with van der Waals surface area (Å²) in [5.74, 6) is -0.0485. The Balaban J connectivity index is 1.35. The van der Waals surface area contributed by atoms with Gasteiger partial charge in [-0.25, -0.2) is 4.79 Å². The zero-order valence-corrected chi connectivity index (χ0v) is 19.8. The molecule has 0 aromatic heterocycles. The third kappa shape index (κ3) is 4.06. The topological polar surface area (TPSA) is 52.7 Å². The number of hydrogen-bond acceptors (Lipinski definition) is 3. The highest BCUT2D eigenvalue weighted by Crippen LogP contribution is 2.43. The Kier molecular flexibility index (Phi) is 5.51. The summed E-state index contributed by atoms with van der Waals surface area (Å²) in [6.07, 6.45) is 0.849. The summed E-state index contributed by atoms with van der Waals surface area (Å²) in [6.45, 7) is 1.10. The lowest BCUT2D eigenvalue weighted by Gasteiger charge is -2.24. The van der Waals surface area contributed by atoms with Crippen molar-refractivity contribution in [2.75, 3.05) is 21.7 Å². The van der Waals surface area contributed by atoms with Gasteiger partial charge in [0.05, 0.1) is 17.8 Å². The molecule has 0 spiro atoms. The molecule has 2 aliphatic rings. The first kappa shape index (κ1) is 21.5. The summed E-state index contributed by atoms with van der Waals surface area (Å²) in [5, 5.41) is 3.06. The molecule has 1 N–H and O–H groups in total. The van der Waals surface area contributed by atoms with Crippen LogP contribution in [0.5, 0.6) is 0 Å². The largest absolute Gasteiger partial charge is 0.326 e. The predicted octanol–water partition coefficient (Wildman–Crippen LogP) is 6.59. The van der Waals surface area contributed by atoms with Crippen LogP contribution < -0.4 is 15.1 Å². The minimum atomic E-state index is -0.166. The fourth-order valence-electron chi connectivity index (χ4n) is 4.66. The van der Waals surface area contributed by atoms with Crippen LogP contribution in [0, 0.1) is 0 Å². The molecule has 172 valence electrons. The summed E-state index contributed by atoms with van der Waals surface area (Å²) >= 11 is 1.58. The molecule has 0 unspecified atom stereocenters. The zero-order chi connectivity index (χ0) is 23.8. The van der Waals surface area contributed by atoms with Crippen molar-refractivity contribution >= 4 is 40.8 Å². The molecule has 0 aliphatic carbocycles. The van der Waals surface area contributed by atoms with Crippen LogP contribution in [-0.4, -0.2) is 18.5 Å². The average Bonchev–Trinajstić information content (AvgIpc) is 3.29. The Labute approximate surface area is 208 Å². The van der Waals surface area contributed by atoms with E-state index < -0.39 is 0 Å². The molecule has 0 saturated carbocycles. The third-order valence-electron chi connectivity index (χ3n) is 6.40. The van der Waals surface area contributed by atoms with Gasteiger partial charge in [-0.05, 0) is 53.9 Å². The van der Waals surface area contributed by atoms with Crippen molar-refractivity contribution in [1.82, 2.24) is 0 Å². The van der Waals surface area contributed by atoms with Crippen LogP contribution in [0.3, 0.4) is 0 Å². The lowest BCUT2D eigenvalue weighted by Crippen LogP contribution is -2.33. The molecule has 4 aromatic rings. The maximum atomic E-state index is 13.7. The number of rotatable bonds is 3. The van der Waals surface area contributed by atoms with Crippen LogP contribution >= 0.6 is 11.8 Å². The number of urea groups is 1. The van der Waals surface area contributed by atoms with Gasteiger partial charge in [-0.1, -0.05) is 72.4 Å². The molecule has 2 heterocycles. The van der Waals surface area contributed by atoms with E-state index in [0.717, 1.165) is 33.2 Å². The molecule has 0 radical (unpaired) electrons. The van der Waals surface area contributed by atoms with E-state index in [2.05, 4.69) is 11.4 Å². The molecule has 2 aliphatic heterocycles. The first-order chi connectivity index (χ1) is 17.2. The summed E-state index contributed by atoms with van der Waals surface area (Å²) in [6, 6.07) is 31.3. The van der Waals surface area contributed by atoms with Crippen molar-refractivity contribution < 1.29 is 9.59 Å². The number of carbonyl (C=O) groups excluding carboxylic acids is 2. The molecule has 6 rings (SSSR count). The highest BCUT2D eigenvalue weighted by atomic mass is 32.2. The molecule has 0 saturated heterocycles. The second-order valence-corrected chi connectivity index (χ2v) is 9.70. The van der Waals surface area contributed by atoms with Gasteiger partial charge in [-0.2, -0.15) is 0 Å². The van der Waals surface area contributed by atoms with Crippen LogP contribution in [-0.2, 0) is 13.0 Å². The molecule has 6 heteroatoms. The molecular weight excluding hydrogens is 454 g/mol. The van der Waals surface area contributed by atoms with Crippen molar-refractivity contribution in [3.05, 3.63) is 114 Å². The number of anilines is 3. The quantitative estimate of drug-likeness (QED) is 0.362. The van der Waals surface area contributed by atoms with Crippen molar-refractivity contribution in [3.8, 4) is 0 Å². The molecule has 4 aromatic carbocycles.